The van der Waals surface area contributed by atoms with E-state index >= 15 is 0 Å². The molecule has 4 aliphatic heterocycles. The van der Waals surface area contributed by atoms with Crippen LogP contribution in [0.2, 0.25) is 0 Å². The Hall–Kier alpha value is -2.50. The number of rotatable bonds is 4. The van der Waals surface area contributed by atoms with Gasteiger partial charge in [-0.15, -0.1) is 82.8 Å². The number of halogens is 2. The van der Waals surface area contributed by atoms with Crippen molar-refractivity contribution in [2.24, 2.45) is 0 Å². The molecule has 4 heterocycles. The summed E-state index contributed by atoms with van der Waals surface area (Å²) in [5.41, 5.74) is 4.03. The van der Waals surface area contributed by atoms with Gasteiger partial charge in [-0.05, 0) is 63.1 Å². The van der Waals surface area contributed by atoms with Crippen molar-refractivity contribution in [3.8, 4) is 0 Å². The van der Waals surface area contributed by atoms with Crippen LogP contribution >= 0.6 is 24.8 Å². The topological polar surface area (TPSA) is 36.9 Å². The maximum absolute atomic E-state index is 5.87. The van der Waals surface area contributed by atoms with Gasteiger partial charge < -0.3 is 33.8 Å². The molecule has 0 bridgehead atoms. The molecule has 4 unspecified atom stereocenters. The number of hydrogen-bond donors (Lipinski definition) is 0. The second-order valence-electron chi connectivity index (χ2n) is 12.8. The Morgan fingerprint density at radius 2 is 0.854 bits per heavy atom. The molecule has 2 radical (unpaired) electrons. The number of hydrogen-bond acceptors (Lipinski definition) is 4. The first-order valence-electron chi connectivity index (χ1n) is 15.2. The van der Waals surface area contributed by atoms with Gasteiger partial charge in [0.25, 0.3) is 0 Å². The van der Waals surface area contributed by atoms with Crippen molar-refractivity contribution >= 4 is 53.2 Å². The van der Waals surface area contributed by atoms with Crippen LogP contribution in [0.3, 0.4) is 0 Å². The van der Waals surface area contributed by atoms with Crippen LogP contribution in [-0.2, 0) is 64.7 Å². The Kier molecular flexibility index (Phi) is 14.3. The third-order valence-corrected chi connectivity index (χ3v) is 9.59. The molecule has 8 rings (SSSR count). The molecule has 4 aromatic carbocycles. The number of benzene rings is 2. The number of ether oxygens (including phenoxy) is 4. The van der Waals surface area contributed by atoms with E-state index < -0.39 is 0 Å². The Balaban J connectivity index is 0.000000294. The first-order valence-corrected chi connectivity index (χ1v) is 19.4. The van der Waals surface area contributed by atoms with Crippen molar-refractivity contribution in [1.82, 2.24) is 0 Å². The Morgan fingerprint density at radius 3 is 1.15 bits per heavy atom. The summed E-state index contributed by atoms with van der Waals surface area (Å²) < 4.78 is 23.4. The van der Waals surface area contributed by atoms with Crippen LogP contribution in [0.1, 0.15) is 75.6 Å². The molecule has 4 nitrogen and oxygen atoms in total. The fourth-order valence-electron chi connectivity index (χ4n) is 6.80. The van der Waals surface area contributed by atoms with E-state index in [1.165, 1.54) is 67.1 Å². The van der Waals surface area contributed by atoms with Gasteiger partial charge >= 0.3 is 30.2 Å². The predicted octanol–water partition coefficient (Wildman–Crippen LogP) is 11.1. The van der Waals surface area contributed by atoms with Crippen molar-refractivity contribution in [3.63, 3.8) is 0 Å². The summed E-state index contributed by atoms with van der Waals surface area (Å²) >= 11 is 1.36. The summed E-state index contributed by atoms with van der Waals surface area (Å²) in [6, 6.07) is 21.9. The second-order valence-corrected chi connectivity index (χ2v) is 12.8. The van der Waals surface area contributed by atoms with Gasteiger partial charge in [-0.3, -0.25) is 0 Å². The average molecular weight is 781 g/mol. The molecule has 4 aliphatic rings. The van der Waals surface area contributed by atoms with Crippen molar-refractivity contribution in [2.45, 2.75) is 75.8 Å². The second kappa shape index (κ2) is 16.5. The molecule has 8 heteroatoms. The molecule has 0 fully saturated rings. The van der Waals surface area contributed by atoms with Crippen LogP contribution < -0.4 is 0 Å². The third kappa shape index (κ3) is 7.63. The van der Waals surface area contributed by atoms with Gasteiger partial charge in [0.2, 0.25) is 0 Å². The van der Waals surface area contributed by atoms with Gasteiger partial charge in [-0.1, -0.05) is 23.3 Å². The fourth-order valence-corrected chi connectivity index (χ4v) is 6.80. The van der Waals surface area contributed by atoms with E-state index in [1.807, 2.05) is 25.0 Å². The van der Waals surface area contributed by atoms with Gasteiger partial charge in [0, 0.05) is 25.7 Å². The van der Waals surface area contributed by atoms with Crippen molar-refractivity contribution < 1.29 is 42.3 Å². The number of fused-ring (bicyclic) bond motifs is 2. The summed E-state index contributed by atoms with van der Waals surface area (Å²) in [6.07, 6.45) is 19.3. The van der Waals surface area contributed by atoms with Gasteiger partial charge in [0.05, 0.1) is 25.0 Å². The molecule has 4 aromatic rings. The zero-order valence-electron chi connectivity index (χ0n) is 28.7. The summed E-state index contributed by atoms with van der Waals surface area (Å²) in [4.78, 5) is 0. The van der Waals surface area contributed by atoms with E-state index in [-0.39, 0.29) is 62.1 Å². The van der Waals surface area contributed by atoms with Gasteiger partial charge in [0.1, 0.15) is 22.4 Å². The summed E-state index contributed by atoms with van der Waals surface area (Å²) in [5, 5.41) is 5.07. The van der Waals surface area contributed by atoms with E-state index in [4.69, 9.17) is 18.9 Å². The first-order chi connectivity index (χ1) is 21.2. The molecule has 0 amide bonds. The zero-order valence-corrected chi connectivity index (χ0v) is 33.8. The minimum atomic E-state index is -0.249. The van der Waals surface area contributed by atoms with Crippen LogP contribution in [0, 0.1) is 14.9 Å². The molecule has 0 spiro atoms. The standard InChI is InChI=1S/2C19H19O2.2CH3.2ClH.Si.Zr/c2*1-18(8-4-10-20-18)15-12-14-6-3-7-17(16(14)13-15)19(2)9-5-11-21-19;;;;;;/h2*3-7,10-13H,8-9H2,1-2H3;2*1H3;2*1H;;/q4*-1;;;;. The van der Waals surface area contributed by atoms with Crippen molar-refractivity contribution in [1.29, 1.82) is 0 Å². The molecule has 0 saturated heterocycles. The molecule has 0 saturated carbocycles. The van der Waals surface area contributed by atoms with Crippen molar-refractivity contribution in [2.75, 3.05) is 0 Å². The quantitative estimate of drug-likeness (QED) is 0.153. The third-order valence-electron chi connectivity index (χ3n) is 9.59. The molecular formula is C40H46Cl2O4SiZr-4. The van der Waals surface area contributed by atoms with Gasteiger partial charge in [-0.2, -0.15) is 12.1 Å². The zero-order chi connectivity index (χ0) is 31.0. The van der Waals surface area contributed by atoms with Crippen LogP contribution in [0.4, 0.5) is 0 Å². The van der Waals surface area contributed by atoms with Crippen LogP contribution in [0.25, 0.3) is 21.5 Å². The van der Waals surface area contributed by atoms with Gasteiger partial charge in [-0.25, -0.2) is 0 Å². The summed E-state index contributed by atoms with van der Waals surface area (Å²) in [7, 11) is 0. The Morgan fingerprint density at radius 1 is 0.542 bits per heavy atom. The normalized spacial score (nSPS) is 27.0. The van der Waals surface area contributed by atoms with Crippen LogP contribution in [-0.4, -0.2) is 6.88 Å². The molecule has 0 aliphatic carbocycles. The monoisotopic (exact) mass is 778 g/mol. The van der Waals surface area contributed by atoms with E-state index in [0.717, 1.165) is 25.7 Å². The Labute approximate surface area is 316 Å². The van der Waals surface area contributed by atoms with E-state index in [2.05, 4.69) is 120 Å². The van der Waals surface area contributed by atoms with Crippen LogP contribution in [0.5, 0.6) is 0 Å². The fraction of sp³-hybridized carbons (Fsp3) is 0.300. The molecule has 0 N–H and O–H groups in total. The molecule has 48 heavy (non-hydrogen) atoms. The summed E-state index contributed by atoms with van der Waals surface area (Å²) in [6.45, 7) is 11.7. The minimum absolute atomic E-state index is 0. The SMILES string of the molecule is CC1(c2cc3c(C4(C)CC=CO4)cccc3[cH-]2)CC=CO1.CC1(c2cc3c(C4(C)CC=CO4)cccc3[cH-]2)CC=CO1.Cl.Cl.[CH3-].[CH3-].[Si]=[Zr]. The van der Waals surface area contributed by atoms with E-state index in [1.54, 1.807) is 0 Å². The average Bonchev–Trinajstić information content (AvgIpc) is 3.87. The summed E-state index contributed by atoms with van der Waals surface area (Å²) in [5.74, 6) is 0. The molecule has 4 atom stereocenters. The van der Waals surface area contributed by atoms with E-state index in [0.29, 0.717) is 0 Å². The van der Waals surface area contributed by atoms with Gasteiger partial charge in [0.15, 0.2) is 0 Å². The maximum atomic E-state index is 5.87. The molecule has 0 aromatic heterocycles. The molecular weight excluding hydrogens is 735 g/mol. The van der Waals surface area contributed by atoms with Crippen molar-refractivity contribution in [3.05, 3.63) is 147 Å². The van der Waals surface area contributed by atoms with Crippen LogP contribution in [0.15, 0.2) is 110 Å². The molecule has 256 valence electrons. The predicted molar refractivity (Wildman–Crippen MR) is 201 cm³/mol. The van der Waals surface area contributed by atoms with E-state index in [9.17, 15) is 0 Å². The first kappa shape index (κ1) is 41.7. The Bertz CT molecular complexity index is 1640.